The van der Waals surface area contributed by atoms with E-state index < -0.39 is 10.0 Å². The lowest BCUT2D eigenvalue weighted by Crippen LogP contribution is -2.41. The van der Waals surface area contributed by atoms with E-state index in [1.807, 2.05) is 0 Å². The lowest BCUT2D eigenvalue weighted by molar-refractivity contribution is 0.0595. The summed E-state index contributed by atoms with van der Waals surface area (Å²) in [4.78, 5) is 16.9. The molecule has 0 bridgehead atoms. The number of aromatic nitrogens is 3. The van der Waals surface area contributed by atoms with E-state index in [0.717, 1.165) is 19.4 Å². The van der Waals surface area contributed by atoms with E-state index in [1.165, 1.54) is 27.4 Å². The molecule has 12 heteroatoms. The molecule has 9 nitrogen and oxygen atoms in total. The van der Waals surface area contributed by atoms with Crippen LogP contribution in [-0.4, -0.2) is 60.3 Å². The summed E-state index contributed by atoms with van der Waals surface area (Å²) in [6.45, 7) is 2.74. The average molecular weight is 547 g/mol. The summed E-state index contributed by atoms with van der Waals surface area (Å²) < 4.78 is 34.7. The van der Waals surface area contributed by atoms with Crippen LogP contribution in [0.15, 0.2) is 38.8 Å². The monoisotopic (exact) mass is 545 g/mol. The number of pyridine rings is 1. The molecule has 0 aromatic carbocycles. The topological polar surface area (TPSA) is 106 Å². The highest BCUT2D eigenvalue weighted by Crippen LogP contribution is 2.27. The molecule has 1 N–H and O–H groups in total. The van der Waals surface area contributed by atoms with Crippen LogP contribution >= 0.6 is 27.5 Å². The molecule has 2 saturated heterocycles. The van der Waals surface area contributed by atoms with Crippen LogP contribution in [0.25, 0.3) is 0 Å². The van der Waals surface area contributed by atoms with Crippen molar-refractivity contribution < 1.29 is 13.2 Å². The summed E-state index contributed by atoms with van der Waals surface area (Å²) >= 11 is 9.60. The van der Waals surface area contributed by atoms with Crippen LogP contribution in [0.5, 0.6) is 0 Å². The second kappa shape index (κ2) is 10.2. The van der Waals surface area contributed by atoms with Gasteiger partial charge in [0.2, 0.25) is 10.0 Å². The van der Waals surface area contributed by atoms with Gasteiger partial charge in [0.15, 0.2) is 0 Å². The number of halogens is 2. The predicted molar refractivity (Wildman–Crippen MR) is 125 cm³/mol. The predicted octanol–water partition coefficient (Wildman–Crippen LogP) is 2.92. The number of anilines is 1. The second-order valence-corrected chi connectivity index (χ2v) is 11.3. The fourth-order valence-corrected chi connectivity index (χ4v) is 6.24. The Hall–Kier alpha value is -1.53. The molecule has 4 heterocycles. The maximum absolute atomic E-state index is 12.9. The van der Waals surface area contributed by atoms with Gasteiger partial charge >= 0.3 is 0 Å². The average Bonchev–Trinajstić information content (AvgIpc) is 2.81. The summed E-state index contributed by atoms with van der Waals surface area (Å²) in [5, 5.41) is 7.65. The van der Waals surface area contributed by atoms with E-state index in [4.69, 9.17) is 16.3 Å². The fourth-order valence-electron chi connectivity index (χ4n) is 4.06. The lowest BCUT2D eigenvalue weighted by Gasteiger charge is -2.31. The summed E-state index contributed by atoms with van der Waals surface area (Å²) in [5.41, 5.74) is 0.148. The van der Waals surface area contributed by atoms with E-state index in [0.29, 0.717) is 42.1 Å². The van der Waals surface area contributed by atoms with Crippen molar-refractivity contribution in [2.24, 2.45) is 5.92 Å². The molecule has 0 amide bonds. The van der Waals surface area contributed by atoms with Crippen molar-refractivity contribution in [2.45, 2.75) is 36.6 Å². The van der Waals surface area contributed by atoms with E-state index >= 15 is 0 Å². The Bertz CT molecular complexity index is 1120. The number of hydrogen-bond acceptors (Lipinski definition) is 7. The Morgan fingerprint density at radius 2 is 2.00 bits per heavy atom. The van der Waals surface area contributed by atoms with Gasteiger partial charge in [-0.3, -0.25) is 9.78 Å². The molecule has 0 aliphatic carbocycles. The molecule has 2 aromatic heterocycles. The SMILES string of the molecule is O=c1c(Cl)c(NC[C@H]2CCCOC2)cnn1C1CCN(S(=O)(=O)c2cncc(Br)c2)CC1. The van der Waals surface area contributed by atoms with Crippen molar-refractivity contribution >= 4 is 43.2 Å². The molecule has 0 saturated carbocycles. The Balaban J connectivity index is 1.41. The Morgan fingerprint density at radius 3 is 2.69 bits per heavy atom. The minimum Gasteiger partial charge on any atom is -0.382 e. The number of sulfonamides is 1. The number of hydrogen-bond donors (Lipinski definition) is 1. The molecule has 2 aromatic rings. The molecule has 174 valence electrons. The smallest absolute Gasteiger partial charge is 0.287 e. The third-order valence-corrected chi connectivity index (χ3v) is 8.53. The van der Waals surface area contributed by atoms with Crippen LogP contribution in [0.3, 0.4) is 0 Å². The van der Waals surface area contributed by atoms with Crippen molar-refractivity contribution in [3.8, 4) is 0 Å². The molecule has 0 spiro atoms. The van der Waals surface area contributed by atoms with Crippen LogP contribution in [0.4, 0.5) is 5.69 Å². The van der Waals surface area contributed by atoms with Gasteiger partial charge in [-0.1, -0.05) is 11.6 Å². The fraction of sp³-hybridized carbons (Fsp3) is 0.550. The zero-order valence-corrected chi connectivity index (χ0v) is 20.6. The number of rotatable bonds is 6. The molecule has 1 atom stereocenters. The van der Waals surface area contributed by atoms with E-state index in [1.54, 1.807) is 6.20 Å². The quantitative estimate of drug-likeness (QED) is 0.594. The van der Waals surface area contributed by atoms with Crippen molar-refractivity contribution in [3.63, 3.8) is 0 Å². The Labute approximate surface area is 200 Å². The van der Waals surface area contributed by atoms with Gasteiger partial charge in [0.05, 0.1) is 24.5 Å². The van der Waals surface area contributed by atoms with E-state index in [2.05, 4.69) is 31.3 Å². The van der Waals surface area contributed by atoms with Gasteiger partial charge in [-0.15, -0.1) is 0 Å². The van der Waals surface area contributed by atoms with Crippen LogP contribution in [0.1, 0.15) is 31.7 Å². The van der Waals surface area contributed by atoms with E-state index in [-0.39, 0.29) is 34.6 Å². The molecular weight excluding hydrogens is 522 g/mol. The molecule has 2 aliphatic heterocycles. The lowest BCUT2D eigenvalue weighted by atomic mass is 10.0. The van der Waals surface area contributed by atoms with Gasteiger partial charge in [0.1, 0.15) is 9.92 Å². The standard InChI is InChI=1S/C20H25BrClN5O4S/c21-15-8-17(11-23-10-15)32(29,30)26-5-3-16(4-6-26)27-20(28)19(22)18(12-25-27)24-9-14-2-1-7-31-13-14/h8,10-12,14,16,24H,1-7,9,13H2/t14-/m1/s1. The third-order valence-electron chi connectivity index (χ3n) is 5.87. The van der Waals surface area contributed by atoms with E-state index in [9.17, 15) is 13.2 Å². The first kappa shape index (κ1) is 23.6. The molecule has 4 rings (SSSR count). The Kier molecular flexibility index (Phi) is 7.51. The summed E-state index contributed by atoms with van der Waals surface area (Å²) in [6, 6.07) is 1.32. The second-order valence-electron chi connectivity index (χ2n) is 8.06. The molecule has 0 radical (unpaired) electrons. The van der Waals surface area contributed by atoms with Crippen molar-refractivity contribution in [2.75, 3.05) is 38.2 Å². The molecular formula is C20H25BrClN5O4S. The van der Waals surface area contributed by atoms with Gasteiger partial charge in [-0.05, 0) is 53.6 Å². The normalized spacial score (nSPS) is 20.9. The number of piperidine rings is 1. The van der Waals surface area contributed by atoms with Crippen LogP contribution in [0, 0.1) is 5.92 Å². The molecule has 2 aliphatic rings. The first-order valence-corrected chi connectivity index (χ1v) is 13.2. The third kappa shape index (κ3) is 5.17. The minimum atomic E-state index is -3.65. The first-order valence-electron chi connectivity index (χ1n) is 10.6. The zero-order chi connectivity index (χ0) is 22.7. The molecule has 32 heavy (non-hydrogen) atoms. The van der Waals surface area contributed by atoms with Gasteiger partial charge < -0.3 is 10.1 Å². The zero-order valence-electron chi connectivity index (χ0n) is 17.4. The van der Waals surface area contributed by atoms with Crippen LogP contribution in [-0.2, 0) is 14.8 Å². The van der Waals surface area contributed by atoms with Crippen LogP contribution < -0.4 is 10.9 Å². The Morgan fingerprint density at radius 1 is 1.22 bits per heavy atom. The van der Waals surface area contributed by atoms with Crippen LogP contribution in [0.2, 0.25) is 5.02 Å². The van der Waals surface area contributed by atoms with Crippen molar-refractivity contribution in [1.29, 1.82) is 0 Å². The largest absolute Gasteiger partial charge is 0.382 e. The summed E-state index contributed by atoms with van der Waals surface area (Å²) in [6.07, 6.45) is 7.49. The van der Waals surface area contributed by atoms with Gasteiger partial charge in [0.25, 0.3) is 5.56 Å². The highest BCUT2D eigenvalue weighted by molar-refractivity contribution is 9.10. The number of nitrogens with one attached hydrogen (secondary N) is 1. The van der Waals surface area contributed by atoms with Gasteiger partial charge in [0, 0.05) is 43.1 Å². The molecule has 0 unspecified atom stereocenters. The van der Waals surface area contributed by atoms with Gasteiger partial charge in [-0.2, -0.15) is 9.40 Å². The maximum Gasteiger partial charge on any atom is 0.287 e. The molecule has 2 fully saturated rings. The minimum absolute atomic E-state index is 0.104. The van der Waals surface area contributed by atoms with Gasteiger partial charge in [-0.25, -0.2) is 13.1 Å². The van der Waals surface area contributed by atoms with Crippen molar-refractivity contribution in [1.82, 2.24) is 19.1 Å². The number of nitrogens with zero attached hydrogens (tertiary/aromatic N) is 4. The maximum atomic E-state index is 12.9. The van der Waals surface area contributed by atoms with Crippen molar-refractivity contribution in [3.05, 3.63) is 44.5 Å². The highest BCUT2D eigenvalue weighted by atomic mass is 79.9. The highest BCUT2D eigenvalue weighted by Gasteiger charge is 2.31. The number of ether oxygens (including phenoxy) is 1. The first-order chi connectivity index (χ1) is 15.4. The summed E-state index contributed by atoms with van der Waals surface area (Å²) in [7, 11) is -3.65. The summed E-state index contributed by atoms with van der Waals surface area (Å²) in [5.74, 6) is 0.383.